The predicted molar refractivity (Wildman–Crippen MR) is 78.0 cm³/mol. The zero-order chi connectivity index (χ0) is 16.4. The van der Waals surface area contributed by atoms with Crippen LogP contribution in [0.15, 0.2) is 18.2 Å². The van der Waals surface area contributed by atoms with E-state index >= 15 is 0 Å². The molecular weight excluding hydrogens is 295 g/mol. The number of hydrogen-bond acceptors (Lipinski definition) is 3. The summed E-state index contributed by atoms with van der Waals surface area (Å²) in [6.07, 6.45) is -0.687. The van der Waals surface area contributed by atoms with E-state index in [0.717, 1.165) is 31.4 Å². The lowest BCUT2D eigenvalue weighted by molar-refractivity contribution is -0.137. The summed E-state index contributed by atoms with van der Waals surface area (Å²) in [5.74, 6) is -0.436. The van der Waals surface area contributed by atoms with Crippen LogP contribution in [0, 0.1) is 0 Å². The maximum absolute atomic E-state index is 12.9. The quantitative estimate of drug-likeness (QED) is 0.802. The molecule has 0 aliphatic heterocycles. The van der Waals surface area contributed by atoms with E-state index in [4.69, 9.17) is 11.5 Å². The van der Waals surface area contributed by atoms with Gasteiger partial charge in [-0.3, -0.25) is 4.79 Å². The molecule has 5 N–H and O–H groups in total. The Bertz CT molecular complexity index is 551. The second-order valence-electron chi connectivity index (χ2n) is 5.79. The highest BCUT2D eigenvalue weighted by Crippen LogP contribution is 2.33. The van der Waals surface area contributed by atoms with Gasteiger partial charge in [-0.15, -0.1) is 0 Å². The fourth-order valence-corrected chi connectivity index (χ4v) is 2.71. The van der Waals surface area contributed by atoms with Gasteiger partial charge in [0.2, 0.25) is 5.91 Å². The van der Waals surface area contributed by atoms with Crippen LogP contribution in [0.1, 0.15) is 43.2 Å². The SMILES string of the molecule is NCc1cc(NC(=O)C2(N)CCCCC2)cc(C(F)(F)F)c1. The van der Waals surface area contributed by atoms with Crippen LogP contribution in [-0.2, 0) is 17.5 Å². The number of carbonyl (C=O) groups excluding carboxylic acids is 1. The van der Waals surface area contributed by atoms with Crippen molar-refractivity contribution in [2.75, 3.05) is 5.32 Å². The van der Waals surface area contributed by atoms with Gasteiger partial charge in [-0.25, -0.2) is 0 Å². The van der Waals surface area contributed by atoms with Crippen LogP contribution < -0.4 is 16.8 Å². The minimum absolute atomic E-state index is 0.0411. The largest absolute Gasteiger partial charge is 0.416 e. The summed E-state index contributed by atoms with van der Waals surface area (Å²) in [5.41, 5.74) is 10.1. The fraction of sp³-hybridized carbons (Fsp3) is 0.533. The summed E-state index contributed by atoms with van der Waals surface area (Å²) in [7, 11) is 0. The molecule has 0 bridgehead atoms. The molecule has 1 fully saturated rings. The molecule has 1 amide bonds. The van der Waals surface area contributed by atoms with Crippen LogP contribution >= 0.6 is 0 Å². The standard InChI is InChI=1S/C15H20F3N3O/c16-15(17,18)11-6-10(9-19)7-12(8-11)21-13(22)14(20)4-2-1-3-5-14/h6-8H,1-5,9,19-20H2,(H,21,22). The summed E-state index contributed by atoms with van der Waals surface area (Å²) in [4.78, 5) is 12.3. The Morgan fingerprint density at radius 2 is 1.82 bits per heavy atom. The van der Waals surface area contributed by atoms with Crippen molar-refractivity contribution in [3.63, 3.8) is 0 Å². The lowest BCUT2D eigenvalue weighted by Crippen LogP contribution is -2.52. The summed E-state index contributed by atoms with van der Waals surface area (Å²) in [5, 5.41) is 2.52. The van der Waals surface area contributed by atoms with Gasteiger partial charge in [0.05, 0.1) is 11.1 Å². The second kappa shape index (κ2) is 6.26. The third-order valence-corrected chi connectivity index (χ3v) is 4.01. The Balaban J connectivity index is 2.23. The van der Waals surface area contributed by atoms with Crippen molar-refractivity contribution < 1.29 is 18.0 Å². The molecule has 0 saturated heterocycles. The minimum atomic E-state index is -4.49. The zero-order valence-corrected chi connectivity index (χ0v) is 12.2. The van der Waals surface area contributed by atoms with Crippen molar-refractivity contribution in [3.05, 3.63) is 29.3 Å². The number of nitrogens with two attached hydrogens (primary N) is 2. The van der Waals surface area contributed by atoms with Crippen LogP contribution in [-0.4, -0.2) is 11.4 Å². The van der Waals surface area contributed by atoms with Gasteiger partial charge in [0, 0.05) is 12.2 Å². The molecule has 4 nitrogen and oxygen atoms in total. The van der Waals surface area contributed by atoms with Crippen molar-refractivity contribution in [1.82, 2.24) is 0 Å². The third-order valence-electron chi connectivity index (χ3n) is 4.01. The molecule has 0 radical (unpaired) electrons. The summed E-state index contributed by atoms with van der Waals surface area (Å²) in [6.45, 7) is -0.0411. The van der Waals surface area contributed by atoms with E-state index in [9.17, 15) is 18.0 Å². The molecule has 0 unspecified atom stereocenters. The van der Waals surface area contributed by atoms with Crippen molar-refractivity contribution in [2.24, 2.45) is 11.5 Å². The van der Waals surface area contributed by atoms with Crippen molar-refractivity contribution in [2.45, 2.75) is 50.4 Å². The molecule has 1 aromatic carbocycles. The monoisotopic (exact) mass is 315 g/mol. The number of halogens is 3. The number of hydrogen-bond donors (Lipinski definition) is 3. The highest BCUT2D eigenvalue weighted by molar-refractivity contribution is 5.98. The van der Waals surface area contributed by atoms with Crippen LogP contribution in [0.4, 0.5) is 18.9 Å². The van der Waals surface area contributed by atoms with E-state index < -0.39 is 23.2 Å². The highest BCUT2D eigenvalue weighted by Gasteiger charge is 2.36. The number of rotatable bonds is 3. The van der Waals surface area contributed by atoms with E-state index in [1.54, 1.807) is 0 Å². The van der Waals surface area contributed by atoms with E-state index in [1.807, 2.05) is 0 Å². The number of alkyl halides is 3. The molecule has 122 valence electrons. The van der Waals surface area contributed by atoms with E-state index in [-0.39, 0.29) is 12.2 Å². The normalized spacial score (nSPS) is 18.0. The molecule has 0 atom stereocenters. The van der Waals surface area contributed by atoms with Crippen LogP contribution in [0.5, 0.6) is 0 Å². The van der Waals surface area contributed by atoms with Crippen LogP contribution in [0.25, 0.3) is 0 Å². The van der Waals surface area contributed by atoms with Gasteiger partial charge in [-0.1, -0.05) is 19.3 Å². The number of nitrogens with one attached hydrogen (secondary N) is 1. The Morgan fingerprint density at radius 3 is 2.36 bits per heavy atom. The summed E-state index contributed by atoms with van der Waals surface area (Å²) < 4.78 is 38.6. The number of anilines is 1. The Labute approximate surface area is 127 Å². The maximum atomic E-state index is 12.9. The predicted octanol–water partition coefficient (Wildman–Crippen LogP) is 2.76. The Kier molecular flexibility index (Phi) is 4.77. The number of amides is 1. The molecule has 0 heterocycles. The first-order chi connectivity index (χ1) is 10.2. The van der Waals surface area contributed by atoms with E-state index in [2.05, 4.69) is 5.32 Å². The third kappa shape index (κ3) is 3.78. The molecule has 0 spiro atoms. The minimum Gasteiger partial charge on any atom is -0.326 e. The Morgan fingerprint density at radius 1 is 1.18 bits per heavy atom. The Hall–Kier alpha value is -1.60. The topological polar surface area (TPSA) is 81.1 Å². The smallest absolute Gasteiger partial charge is 0.326 e. The van der Waals surface area contributed by atoms with E-state index in [0.29, 0.717) is 18.4 Å². The first kappa shape index (κ1) is 16.8. The maximum Gasteiger partial charge on any atom is 0.416 e. The lowest BCUT2D eigenvalue weighted by Gasteiger charge is -2.31. The first-order valence-corrected chi connectivity index (χ1v) is 7.26. The lowest BCUT2D eigenvalue weighted by atomic mass is 9.82. The average Bonchev–Trinajstić information content (AvgIpc) is 2.46. The zero-order valence-electron chi connectivity index (χ0n) is 12.2. The summed E-state index contributed by atoms with van der Waals surface area (Å²) in [6, 6.07) is 3.33. The first-order valence-electron chi connectivity index (χ1n) is 7.26. The molecule has 1 aromatic rings. The molecule has 7 heteroatoms. The van der Waals surface area contributed by atoms with Gasteiger partial charge in [0.25, 0.3) is 0 Å². The van der Waals surface area contributed by atoms with Crippen LogP contribution in [0.3, 0.4) is 0 Å². The second-order valence-corrected chi connectivity index (χ2v) is 5.79. The summed E-state index contributed by atoms with van der Waals surface area (Å²) >= 11 is 0. The van der Waals surface area contributed by atoms with Gasteiger partial charge >= 0.3 is 6.18 Å². The average molecular weight is 315 g/mol. The van der Waals surface area contributed by atoms with Crippen LogP contribution in [0.2, 0.25) is 0 Å². The van der Waals surface area contributed by atoms with E-state index in [1.165, 1.54) is 6.07 Å². The van der Waals surface area contributed by atoms with Gasteiger partial charge in [0.1, 0.15) is 0 Å². The van der Waals surface area contributed by atoms with Gasteiger partial charge in [-0.05, 0) is 36.6 Å². The molecular formula is C15H20F3N3O. The fourth-order valence-electron chi connectivity index (χ4n) is 2.71. The van der Waals surface area contributed by atoms with Gasteiger partial charge in [0.15, 0.2) is 0 Å². The molecule has 1 aliphatic carbocycles. The highest BCUT2D eigenvalue weighted by atomic mass is 19.4. The van der Waals surface area contributed by atoms with Gasteiger partial charge < -0.3 is 16.8 Å². The molecule has 0 aromatic heterocycles. The molecule has 1 aliphatic rings. The number of carbonyl (C=O) groups is 1. The number of benzene rings is 1. The van der Waals surface area contributed by atoms with Crippen molar-refractivity contribution in [3.8, 4) is 0 Å². The van der Waals surface area contributed by atoms with Crippen molar-refractivity contribution in [1.29, 1.82) is 0 Å². The molecule has 1 saturated carbocycles. The molecule has 2 rings (SSSR count). The van der Waals surface area contributed by atoms with Gasteiger partial charge in [-0.2, -0.15) is 13.2 Å². The van der Waals surface area contributed by atoms with Crippen molar-refractivity contribution >= 4 is 11.6 Å². The molecule has 22 heavy (non-hydrogen) atoms.